The van der Waals surface area contributed by atoms with Crippen LogP contribution in [0.4, 0.5) is 0 Å². The van der Waals surface area contributed by atoms with Crippen molar-refractivity contribution < 1.29 is 18.6 Å². The number of benzene rings is 3. The van der Waals surface area contributed by atoms with Gasteiger partial charge in [0.05, 0.1) is 26.6 Å². The Kier molecular flexibility index (Phi) is 5.08. The first-order valence-corrected chi connectivity index (χ1v) is 8.76. The Morgan fingerprint density at radius 3 is 2.33 bits per heavy atom. The van der Waals surface area contributed by atoms with E-state index in [1.54, 1.807) is 13.4 Å². The minimum absolute atomic E-state index is 0.428. The lowest BCUT2D eigenvalue weighted by molar-refractivity contribution is 0.106. The van der Waals surface area contributed by atoms with Gasteiger partial charge in [-0.3, -0.25) is 0 Å². The van der Waals surface area contributed by atoms with Crippen LogP contribution >= 0.6 is 0 Å². The van der Waals surface area contributed by atoms with Crippen molar-refractivity contribution in [3.63, 3.8) is 0 Å². The van der Waals surface area contributed by atoms with Crippen LogP contribution in [0.3, 0.4) is 0 Å². The molecule has 3 aromatic carbocycles. The first-order chi connectivity index (χ1) is 13.3. The topological polar surface area (TPSA) is 40.8 Å². The van der Waals surface area contributed by atoms with Crippen molar-refractivity contribution in [3.8, 4) is 17.2 Å². The highest BCUT2D eigenvalue weighted by Gasteiger charge is 2.13. The van der Waals surface area contributed by atoms with Crippen LogP contribution in [0, 0.1) is 0 Å². The quantitative estimate of drug-likeness (QED) is 0.408. The molecule has 1 aromatic heterocycles. The summed E-state index contributed by atoms with van der Waals surface area (Å²) in [6.07, 6.45) is 1.67. The highest BCUT2D eigenvalue weighted by molar-refractivity contribution is 5.84. The van der Waals surface area contributed by atoms with Crippen LogP contribution in [0.15, 0.2) is 83.5 Å². The van der Waals surface area contributed by atoms with E-state index in [1.807, 2.05) is 72.8 Å². The molecule has 0 aliphatic heterocycles. The van der Waals surface area contributed by atoms with Gasteiger partial charge in [-0.15, -0.1) is 0 Å². The highest BCUT2D eigenvalue weighted by Crippen LogP contribution is 2.35. The molecule has 0 atom stereocenters. The molecule has 0 bridgehead atoms. The van der Waals surface area contributed by atoms with E-state index in [-0.39, 0.29) is 0 Å². The Bertz CT molecular complexity index is 1000. The van der Waals surface area contributed by atoms with Gasteiger partial charge in [-0.1, -0.05) is 42.5 Å². The monoisotopic (exact) mass is 360 g/mol. The van der Waals surface area contributed by atoms with Crippen molar-refractivity contribution >= 4 is 11.0 Å². The lowest BCUT2D eigenvalue weighted by Crippen LogP contribution is -1.97. The zero-order valence-corrected chi connectivity index (χ0v) is 15.1. The summed E-state index contributed by atoms with van der Waals surface area (Å²) in [5.41, 5.74) is 2.78. The molecule has 4 aromatic rings. The summed E-state index contributed by atoms with van der Waals surface area (Å²) in [4.78, 5) is 0. The standard InChI is InChI=1S/C23H20O4/c1-24-20-9-11-21(12-10-20)27-23-19(8-7-18-13-14-26-22(18)23)16-25-15-17-5-3-2-4-6-17/h2-14H,15-16H2,1H3. The Labute approximate surface area is 157 Å². The first-order valence-electron chi connectivity index (χ1n) is 8.76. The van der Waals surface area contributed by atoms with Crippen LogP contribution in [0.2, 0.25) is 0 Å². The minimum atomic E-state index is 0.428. The fourth-order valence-electron chi connectivity index (χ4n) is 2.89. The molecule has 0 amide bonds. The van der Waals surface area contributed by atoms with Crippen LogP contribution in [0.5, 0.6) is 17.2 Å². The highest BCUT2D eigenvalue weighted by atomic mass is 16.5. The maximum Gasteiger partial charge on any atom is 0.176 e. The average molecular weight is 360 g/mol. The third kappa shape index (κ3) is 3.96. The first kappa shape index (κ1) is 17.2. The maximum absolute atomic E-state index is 6.15. The lowest BCUT2D eigenvalue weighted by atomic mass is 10.1. The van der Waals surface area contributed by atoms with Gasteiger partial charge in [-0.2, -0.15) is 0 Å². The van der Waals surface area contributed by atoms with Crippen molar-refractivity contribution in [1.29, 1.82) is 0 Å². The summed E-state index contributed by atoms with van der Waals surface area (Å²) < 4.78 is 22.9. The molecule has 136 valence electrons. The Morgan fingerprint density at radius 2 is 1.56 bits per heavy atom. The largest absolute Gasteiger partial charge is 0.497 e. The van der Waals surface area contributed by atoms with Gasteiger partial charge < -0.3 is 18.6 Å². The number of hydrogen-bond acceptors (Lipinski definition) is 4. The van der Waals surface area contributed by atoms with E-state index in [2.05, 4.69) is 0 Å². The summed E-state index contributed by atoms with van der Waals surface area (Å²) in [6.45, 7) is 0.968. The fraction of sp³-hybridized carbons (Fsp3) is 0.130. The average Bonchev–Trinajstić information content (AvgIpc) is 3.20. The number of furan rings is 1. The normalized spacial score (nSPS) is 10.9. The number of fused-ring (bicyclic) bond motifs is 1. The molecule has 4 rings (SSSR count). The van der Waals surface area contributed by atoms with E-state index in [0.29, 0.717) is 30.3 Å². The molecular weight excluding hydrogens is 340 g/mol. The Balaban J connectivity index is 1.57. The molecule has 0 fully saturated rings. The molecule has 0 radical (unpaired) electrons. The second-order valence-electron chi connectivity index (χ2n) is 6.15. The molecule has 0 aliphatic carbocycles. The Hall–Kier alpha value is -3.24. The van der Waals surface area contributed by atoms with E-state index >= 15 is 0 Å². The number of ether oxygens (including phenoxy) is 3. The Morgan fingerprint density at radius 1 is 0.778 bits per heavy atom. The molecule has 0 N–H and O–H groups in total. The predicted octanol–water partition coefficient (Wildman–Crippen LogP) is 5.95. The number of hydrogen-bond donors (Lipinski definition) is 0. The van der Waals surface area contributed by atoms with Crippen molar-refractivity contribution in [3.05, 3.63) is 90.2 Å². The smallest absolute Gasteiger partial charge is 0.176 e. The molecule has 0 unspecified atom stereocenters. The number of methoxy groups -OCH3 is 1. The second kappa shape index (κ2) is 7.98. The molecule has 27 heavy (non-hydrogen) atoms. The third-order valence-electron chi connectivity index (χ3n) is 4.31. The summed E-state index contributed by atoms with van der Waals surface area (Å²) in [7, 11) is 1.64. The van der Waals surface area contributed by atoms with Gasteiger partial charge in [-0.05, 0) is 35.9 Å². The van der Waals surface area contributed by atoms with E-state index in [0.717, 1.165) is 22.3 Å². The van der Waals surface area contributed by atoms with Crippen molar-refractivity contribution in [2.45, 2.75) is 13.2 Å². The second-order valence-corrected chi connectivity index (χ2v) is 6.15. The SMILES string of the molecule is COc1ccc(Oc2c(COCc3ccccc3)ccc3ccoc23)cc1. The van der Waals surface area contributed by atoms with Gasteiger partial charge in [0.25, 0.3) is 0 Å². The van der Waals surface area contributed by atoms with Gasteiger partial charge >= 0.3 is 0 Å². The van der Waals surface area contributed by atoms with Crippen molar-refractivity contribution in [1.82, 2.24) is 0 Å². The van der Waals surface area contributed by atoms with Crippen LogP contribution in [0.1, 0.15) is 11.1 Å². The summed E-state index contributed by atoms with van der Waals surface area (Å²) in [5, 5.41) is 0.991. The van der Waals surface area contributed by atoms with E-state index < -0.39 is 0 Å². The minimum Gasteiger partial charge on any atom is -0.497 e. The summed E-state index contributed by atoms with van der Waals surface area (Å²) in [5.74, 6) is 2.17. The zero-order chi connectivity index (χ0) is 18.5. The van der Waals surface area contributed by atoms with Gasteiger partial charge in [0.15, 0.2) is 11.3 Å². The molecule has 1 heterocycles. The van der Waals surface area contributed by atoms with Gasteiger partial charge in [-0.25, -0.2) is 0 Å². The van der Waals surface area contributed by atoms with Crippen LogP contribution in [-0.4, -0.2) is 7.11 Å². The van der Waals surface area contributed by atoms with E-state index in [1.165, 1.54) is 0 Å². The number of rotatable bonds is 7. The van der Waals surface area contributed by atoms with E-state index in [9.17, 15) is 0 Å². The summed E-state index contributed by atoms with van der Waals surface area (Å²) in [6, 6.07) is 23.5. The van der Waals surface area contributed by atoms with Crippen LogP contribution in [-0.2, 0) is 18.0 Å². The molecule has 4 nitrogen and oxygen atoms in total. The predicted molar refractivity (Wildman–Crippen MR) is 104 cm³/mol. The maximum atomic E-state index is 6.15. The van der Waals surface area contributed by atoms with Crippen LogP contribution in [0.25, 0.3) is 11.0 Å². The van der Waals surface area contributed by atoms with Gasteiger partial charge in [0.2, 0.25) is 0 Å². The molecule has 0 aliphatic rings. The lowest BCUT2D eigenvalue weighted by Gasteiger charge is -2.13. The van der Waals surface area contributed by atoms with E-state index in [4.69, 9.17) is 18.6 Å². The molecule has 0 saturated carbocycles. The molecular formula is C23H20O4. The zero-order valence-electron chi connectivity index (χ0n) is 15.1. The van der Waals surface area contributed by atoms with Crippen molar-refractivity contribution in [2.24, 2.45) is 0 Å². The fourth-order valence-corrected chi connectivity index (χ4v) is 2.89. The van der Waals surface area contributed by atoms with Gasteiger partial charge in [0.1, 0.15) is 11.5 Å². The van der Waals surface area contributed by atoms with Gasteiger partial charge in [0, 0.05) is 10.9 Å². The summed E-state index contributed by atoms with van der Waals surface area (Å²) >= 11 is 0. The molecule has 0 saturated heterocycles. The third-order valence-corrected chi connectivity index (χ3v) is 4.31. The molecule has 4 heteroatoms. The van der Waals surface area contributed by atoms with Crippen molar-refractivity contribution in [2.75, 3.05) is 7.11 Å². The van der Waals surface area contributed by atoms with Crippen LogP contribution < -0.4 is 9.47 Å². The molecule has 0 spiro atoms.